The minimum atomic E-state index is -0.121. The summed E-state index contributed by atoms with van der Waals surface area (Å²) in [4.78, 5) is 12.0. The van der Waals surface area contributed by atoms with Crippen LogP contribution in [-0.4, -0.2) is 24.9 Å². The lowest BCUT2D eigenvalue weighted by Gasteiger charge is -2.09. The molecular weight excluding hydrogens is 200 g/mol. The van der Waals surface area contributed by atoms with E-state index in [4.69, 9.17) is 0 Å². The van der Waals surface area contributed by atoms with Crippen LogP contribution in [0, 0.1) is 0 Å². The Hall–Kier alpha value is -1.35. The molecule has 2 unspecified atom stereocenters. The van der Waals surface area contributed by atoms with Crippen molar-refractivity contribution >= 4 is 11.5 Å². The van der Waals surface area contributed by atoms with Gasteiger partial charge in [0, 0.05) is 17.3 Å². The highest BCUT2D eigenvalue weighted by molar-refractivity contribution is 6.00. The number of ketones is 1. The smallest absolute Gasteiger partial charge is 0.179 e. The van der Waals surface area contributed by atoms with Gasteiger partial charge in [0.15, 0.2) is 5.78 Å². The fraction of sp³-hybridized carbons (Fsp3) is 0.462. The van der Waals surface area contributed by atoms with Gasteiger partial charge in [0.2, 0.25) is 0 Å². The summed E-state index contributed by atoms with van der Waals surface area (Å²) in [7, 11) is 1.81. The van der Waals surface area contributed by atoms with Crippen LogP contribution in [0.1, 0.15) is 29.8 Å². The first-order chi connectivity index (χ1) is 7.61. The van der Waals surface area contributed by atoms with Crippen molar-refractivity contribution in [2.45, 2.75) is 32.4 Å². The Bertz CT molecular complexity index is 414. The molecule has 2 N–H and O–H groups in total. The van der Waals surface area contributed by atoms with Crippen molar-refractivity contribution in [3.8, 4) is 0 Å². The van der Waals surface area contributed by atoms with Gasteiger partial charge in [0.25, 0.3) is 0 Å². The highest BCUT2D eigenvalue weighted by Gasteiger charge is 2.19. The summed E-state index contributed by atoms with van der Waals surface area (Å²) in [5, 5.41) is 6.35. The van der Waals surface area contributed by atoms with Gasteiger partial charge in [-0.05, 0) is 51.1 Å². The summed E-state index contributed by atoms with van der Waals surface area (Å²) >= 11 is 0. The van der Waals surface area contributed by atoms with Crippen LogP contribution in [0.25, 0.3) is 0 Å². The Morgan fingerprint density at radius 1 is 1.56 bits per heavy atom. The van der Waals surface area contributed by atoms with Gasteiger partial charge in [0.05, 0.1) is 6.04 Å². The Kier molecular flexibility index (Phi) is 2.97. The van der Waals surface area contributed by atoms with Crippen molar-refractivity contribution < 1.29 is 4.79 Å². The molecule has 0 saturated carbocycles. The summed E-state index contributed by atoms with van der Waals surface area (Å²) in [6, 6.07) is 6.28. The number of carbonyl (C=O) groups excluding carboxylic acids is 1. The molecule has 0 fully saturated rings. The zero-order chi connectivity index (χ0) is 11.7. The Morgan fingerprint density at radius 2 is 2.31 bits per heavy atom. The van der Waals surface area contributed by atoms with Gasteiger partial charge < -0.3 is 10.6 Å². The molecule has 1 aromatic rings. The van der Waals surface area contributed by atoms with E-state index in [-0.39, 0.29) is 11.8 Å². The predicted octanol–water partition coefficient (Wildman–Crippen LogP) is 1.83. The lowest BCUT2D eigenvalue weighted by molar-refractivity contribution is 0.0955. The molecule has 1 aromatic carbocycles. The van der Waals surface area contributed by atoms with Crippen LogP contribution >= 0.6 is 0 Å². The van der Waals surface area contributed by atoms with Crippen LogP contribution in [0.3, 0.4) is 0 Å². The second-order valence-electron chi connectivity index (χ2n) is 4.50. The van der Waals surface area contributed by atoms with Gasteiger partial charge in [0.1, 0.15) is 0 Å². The van der Waals surface area contributed by atoms with E-state index in [1.54, 1.807) is 7.05 Å². The van der Waals surface area contributed by atoms with Gasteiger partial charge in [-0.15, -0.1) is 0 Å². The maximum atomic E-state index is 12.0. The monoisotopic (exact) mass is 218 g/mol. The van der Waals surface area contributed by atoms with Gasteiger partial charge in [-0.1, -0.05) is 0 Å². The average molecular weight is 218 g/mol. The molecule has 0 aliphatic carbocycles. The number of rotatable bonds is 3. The molecule has 0 radical (unpaired) electrons. The Balaban J connectivity index is 2.26. The second kappa shape index (κ2) is 4.26. The molecule has 1 aliphatic heterocycles. The Morgan fingerprint density at radius 3 is 3.00 bits per heavy atom. The summed E-state index contributed by atoms with van der Waals surface area (Å²) < 4.78 is 0. The summed E-state index contributed by atoms with van der Waals surface area (Å²) in [5.41, 5.74) is 3.22. The number of carbonyl (C=O) groups is 1. The number of nitrogens with one attached hydrogen (secondary N) is 2. The minimum absolute atomic E-state index is 0.121. The van der Waals surface area contributed by atoms with E-state index in [1.165, 1.54) is 11.3 Å². The topological polar surface area (TPSA) is 41.1 Å². The molecular formula is C13H18N2O. The first-order valence-electron chi connectivity index (χ1n) is 5.72. The van der Waals surface area contributed by atoms with E-state index in [9.17, 15) is 4.79 Å². The molecule has 0 amide bonds. The molecule has 1 heterocycles. The number of anilines is 1. The van der Waals surface area contributed by atoms with Crippen molar-refractivity contribution in [2.24, 2.45) is 0 Å². The van der Waals surface area contributed by atoms with E-state index in [0.717, 1.165) is 12.0 Å². The largest absolute Gasteiger partial charge is 0.382 e. The van der Waals surface area contributed by atoms with Gasteiger partial charge in [-0.2, -0.15) is 0 Å². The lowest BCUT2D eigenvalue weighted by atomic mass is 10.0. The zero-order valence-electron chi connectivity index (χ0n) is 10.0. The van der Waals surface area contributed by atoms with Gasteiger partial charge >= 0.3 is 0 Å². The number of benzene rings is 1. The summed E-state index contributed by atoms with van der Waals surface area (Å²) in [5.74, 6) is 0.157. The van der Waals surface area contributed by atoms with Gasteiger partial charge in [-0.25, -0.2) is 0 Å². The third kappa shape index (κ3) is 1.95. The fourth-order valence-corrected chi connectivity index (χ4v) is 2.08. The maximum absolute atomic E-state index is 12.0. The molecule has 0 saturated heterocycles. The van der Waals surface area contributed by atoms with Crippen LogP contribution in [-0.2, 0) is 6.42 Å². The SMILES string of the molecule is CNC(C)C(=O)c1ccc2c(c1)CC(C)N2. The highest BCUT2D eigenvalue weighted by atomic mass is 16.1. The normalized spacial score (nSPS) is 20.1. The Labute approximate surface area is 96.2 Å². The zero-order valence-corrected chi connectivity index (χ0v) is 10.0. The van der Waals surface area contributed by atoms with Gasteiger partial charge in [-0.3, -0.25) is 4.79 Å². The third-order valence-electron chi connectivity index (χ3n) is 3.14. The quantitative estimate of drug-likeness (QED) is 0.761. The first-order valence-corrected chi connectivity index (χ1v) is 5.72. The predicted molar refractivity (Wildman–Crippen MR) is 66.1 cm³/mol. The van der Waals surface area contributed by atoms with Crippen molar-refractivity contribution in [1.29, 1.82) is 0 Å². The number of Topliss-reactive ketones (excluding diaryl/α,β-unsaturated/α-hetero) is 1. The van der Waals surface area contributed by atoms with Crippen LogP contribution in [0.5, 0.6) is 0 Å². The number of hydrogen-bond acceptors (Lipinski definition) is 3. The van der Waals surface area contributed by atoms with Crippen LogP contribution in [0.15, 0.2) is 18.2 Å². The molecule has 1 aliphatic rings. The molecule has 2 atom stereocenters. The third-order valence-corrected chi connectivity index (χ3v) is 3.14. The molecule has 3 nitrogen and oxygen atoms in total. The second-order valence-corrected chi connectivity index (χ2v) is 4.50. The standard InChI is InChI=1S/C13H18N2O/c1-8-6-11-7-10(4-5-12(11)15-8)13(16)9(2)14-3/h4-5,7-9,14-15H,6H2,1-3H3. The molecule has 0 aromatic heterocycles. The lowest BCUT2D eigenvalue weighted by Crippen LogP contribution is -2.30. The van der Waals surface area contributed by atoms with E-state index < -0.39 is 0 Å². The first kappa shape index (κ1) is 11.1. The maximum Gasteiger partial charge on any atom is 0.179 e. The van der Waals surface area contributed by atoms with Crippen molar-refractivity contribution in [3.05, 3.63) is 29.3 Å². The fourth-order valence-electron chi connectivity index (χ4n) is 2.08. The molecule has 0 bridgehead atoms. The van der Waals surface area contributed by atoms with Crippen molar-refractivity contribution in [1.82, 2.24) is 5.32 Å². The number of likely N-dealkylation sites (N-methyl/N-ethyl adjacent to an activating group) is 1. The molecule has 86 valence electrons. The van der Waals surface area contributed by atoms with Crippen LogP contribution in [0.2, 0.25) is 0 Å². The molecule has 0 spiro atoms. The number of hydrogen-bond donors (Lipinski definition) is 2. The van der Waals surface area contributed by atoms with E-state index in [0.29, 0.717) is 6.04 Å². The minimum Gasteiger partial charge on any atom is -0.382 e. The van der Waals surface area contributed by atoms with Crippen molar-refractivity contribution in [3.63, 3.8) is 0 Å². The highest BCUT2D eigenvalue weighted by Crippen LogP contribution is 2.26. The van der Waals surface area contributed by atoms with E-state index in [2.05, 4.69) is 17.6 Å². The summed E-state index contributed by atoms with van der Waals surface area (Å²) in [6.45, 7) is 4.04. The van der Waals surface area contributed by atoms with Crippen LogP contribution in [0.4, 0.5) is 5.69 Å². The average Bonchev–Trinajstić information content (AvgIpc) is 2.65. The molecule has 2 rings (SSSR count). The molecule has 16 heavy (non-hydrogen) atoms. The number of fused-ring (bicyclic) bond motifs is 1. The van der Waals surface area contributed by atoms with E-state index in [1.807, 2.05) is 25.1 Å². The van der Waals surface area contributed by atoms with Crippen LogP contribution < -0.4 is 10.6 Å². The van der Waals surface area contributed by atoms with E-state index >= 15 is 0 Å². The summed E-state index contributed by atoms with van der Waals surface area (Å²) in [6.07, 6.45) is 1.00. The molecule has 3 heteroatoms. The van der Waals surface area contributed by atoms with Crippen molar-refractivity contribution in [2.75, 3.05) is 12.4 Å².